The van der Waals surface area contributed by atoms with Gasteiger partial charge in [-0.3, -0.25) is 4.79 Å². The number of nitrogens with zero attached hydrogens (tertiary/aromatic N) is 2. The molecule has 0 radical (unpaired) electrons. The normalized spacial score (nSPS) is 10.7. The minimum Gasteiger partial charge on any atom is -0.484 e. The van der Waals surface area contributed by atoms with Gasteiger partial charge in [-0.1, -0.05) is 12.1 Å². The highest BCUT2D eigenvalue weighted by molar-refractivity contribution is 14.0. The van der Waals surface area contributed by atoms with Crippen molar-refractivity contribution in [2.75, 3.05) is 45.8 Å². The quantitative estimate of drug-likeness (QED) is 0.208. The van der Waals surface area contributed by atoms with E-state index in [2.05, 4.69) is 28.8 Å². The number of halogens is 1. The third-order valence-electron chi connectivity index (χ3n) is 3.59. The monoisotopic (exact) mass is 508 g/mol. The number of rotatable bonds is 11. The first kappa shape index (κ1) is 25.8. The van der Waals surface area contributed by atoms with E-state index in [0.29, 0.717) is 12.3 Å². The van der Waals surface area contributed by atoms with Crippen LogP contribution < -0.4 is 15.4 Å². The van der Waals surface area contributed by atoms with Gasteiger partial charge in [-0.05, 0) is 49.5 Å². The summed E-state index contributed by atoms with van der Waals surface area (Å²) in [5.74, 6) is 2.64. The van der Waals surface area contributed by atoms with Gasteiger partial charge in [0, 0.05) is 27.2 Å². The molecule has 1 amide bonds. The molecule has 8 heteroatoms. The van der Waals surface area contributed by atoms with E-state index < -0.39 is 0 Å². The predicted octanol–water partition coefficient (Wildman–Crippen LogP) is 2.97. The molecule has 0 aliphatic heterocycles. The van der Waals surface area contributed by atoms with Crippen molar-refractivity contribution in [3.63, 3.8) is 0 Å². The molecule has 1 aromatic rings. The minimum atomic E-state index is -0.0615. The van der Waals surface area contributed by atoms with E-state index in [-0.39, 0.29) is 36.5 Å². The second-order valence-electron chi connectivity index (χ2n) is 6.05. The largest absolute Gasteiger partial charge is 0.484 e. The van der Waals surface area contributed by atoms with Crippen LogP contribution in [0.2, 0.25) is 0 Å². The van der Waals surface area contributed by atoms with E-state index in [9.17, 15) is 4.79 Å². The molecule has 2 N–H and O–H groups in total. The topological polar surface area (TPSA) is 66.0 Å². The molecule has 6 nitrogen and oxygen atoms in total. The zero-order chi connectivity index (χ0) is 19.2. The van der Waals surface area contributed by atoms with Crippen LogP contribution in [0, 0.1) is 0 Å². The van der Waals surface area contributed by atoms with Crippen LogP contribution in [0.1, 0.15) is 25.3 Å². The summed E-state index contributed by atoms with van der Waals surface area (Å²) in [6.07, 6.45) is 4.47. The Morgan fingerprint density at radius 1 is 1.26 bits per heavy atom. The number of carbonyl (C=O) groups is 1. The number of hydrogen-bond acceptors (Lipinski definition) is 4. The Labute approximate surface area is 184 Å². The Balaban J connectivity index is 0.00000676. The number of likely N-dealkylation sites (N-methyl/N-ethyl adjacent to an activating group) is 1. The standard InChI is InChI=1S/C19H32N4O2S.HI/c1-5-20-19(21-11-6-7-12-26-4)22-14-16-9-8-10-17(13-16)25-15-18(24)23(2)3;/h8-10,13H,5-7,11-12,14-15H2,1-4H3,(H2,20,21,22);1H. The van der Waals surface area contributed by atoms with Crippen molar-refractivity contribution < 1.29 is 9.53 Å². The van der Waals surface area contributed by atoms with Crippen molar-refractivity contribution in [1.82, 2.24) is 15.5 Å². The number of unbranched alkanes of at least 4 members (excludes halogenated alkanes) is 1. The average Bonchev–Trinajstić information content (AvgIpc) is 2.64. The maximum atomic E-state index is 11.6. The molecule has 0 atom stereocenters. The molecule has 27 heavy (non-hydrogen) atoms. The van der Waals surface area contributed by atoms with E-state index in [1.165, 1.54) is 17.1 Å². The van der Waals surface area contributed by atoms with Crippen LogP contribution in [0.3, 0.4) is 0 Å². The molecule has 1 aromatic carbocycles. The summed E-state index contributed by atoms with van der Waals surface area (Å²) in [6, 6.07) is 7.70. The van der Waals surface area contributed by atoms with Crippen LogP contribution in [0.25, 0.3) is 0 Å². The lowest BCUT2D eigenvalue weighted by Gasteiger charge is -2.12. The number of nitrogens with one attached hydrogen (secondary N) is 2. The van der Waals surface area contributed by atoms with Crippen molar-refractivity contribution in [3.05, 3.63) is 29.8 Å². The first-order chi connectivity index (χ1) is 12.6. The van der Waals surface area contributed by atoms with Crippen LogP contribution in [0.5, 0.6) is 5.75 Å². The van der Waals surface area contributed by atoms with Gasteiger partial charge in [-0.15, -0.1) is 24.0 Å². The molecule has 154 valence electrons. The Kier molecular flexibility index (Phi) is 15.2. The molecule has 0 spiro atoms. The van der Waals surface area contributed by atoms with Gasteiger partial charge in [0.25, 0.3) is 5.91 Å². The number of ether oxygens (including phenoxy) is 1. The van der Waals surface area contributed by atoms with Crippen molar-refractivity contribution >= 4 is 47.6 Å². The fourth-order valence-corrected chi connectivity index (χ4v) is 2.59. The Morgan fingerprint density at radius 2 is 2.04 bits per heavy atom. The maximum absolute atomic E-state index is 11.6. The zero-order valence-electron chi connectivity index (χ0n) is 16.8. The number of thioether (sulfide) groups is 1. The first-order valence-corrected chi connectivity index (χ1v) is 10.4. The third-order valence-corrected chi connectivity index (χ3v) is 4.29. The van der Waals surface area contributed by atoms with E-state index in [1.54, 1.807) is 14.1 Å². The van der Waals surface area contributed by atoms with Crippen LogP contribution in [-0.4, -0.2) is 62.6 Å². The first-order valence-electron chi connectivity index (χ1n) is 8.99. The fraction of sp³-hybridized carbons (Fsp3) is 0.579. The molecule has 1 rings (SSSR count). The molecule has 0 bridgehead atoms. The van der Waals surface area contributed by atoms with E-state index in [0.717, 1.165) is 31.0 Å². The molecule has 0 aromatic heterocycles. The lowest BCUT2D eigenvalue weighted by molar-refractivity contribution is -0.130. The summed E-state index contributed by atoms with van der Waals surface area (Å²) < 4.78 is 5.55. The number of aliphatic imine (C=N–C) groups is 1. The van der Waals surface area contributed by atoms with E-state index in [1.807, 2.05) is 36.0 Å². The number of carbonyl (C=O) groups excluding carboxylic acids is 1. The van der Waals surface area contributed by atoms with Gasteiger partial charge in [-0.2, -0.15) is 11.8 Å². The zero-order valence-corrected chi connectivity index (χ0v) is 19.9. The summed E-state index contributed by atoms with van der Waals surface area (Å²) in [7, 11) is 3.43. The second kappa shape index (κ2) is 15.9. The highest BCUT2D eigenvalue weighted by Gasteiger charge is 2.05. The highest BCUT2D eigenvalue weighted by atomic mass is 127. The molecule has 0 saturated carbocycles. The SMILES string of the molecule is CCNC(=NCc1cccc(OCC(=O)N(C)C)c1)NCCCCSC.I. The van der Waals surface area contributed by atoms with Gasteiger partial charge in [0.2, 0.25) is 0 Å². The van der Waals surface area contributed by atoms with Gasteiger partial charge in [0.1, 0.15) is 5.75 Å². The summed E-state index contributed by atoms with van der Waals surface area (Å²) in [5, 5.41) is 6.63. The highest BCUT2D eigenvalue weighted by Crippen LogP contribution is 2.14. The van der Waals surface area contributed by atoms with Gasteiger partial charge in [0.15, 0.2) is 12.6 Å². The number of amides is 1. The summed E-state index contributed by atoms with van der Waals surface area (Å²) in [5.41, 5.74) is 1.04. The Bertz CT molecular complexity index is 570. The van der Waals surface area contributed by atoms with Crippen LogP contribution in [-0.2, 0) is 11.3 Å². The molecule has 0 aliphatic carbocycles. The minimum absolute atomic E-state index is 0. The van der Waals surface area contributed by atoms with Crippen LogP contribution in [0.4, 0.5) is 0 Å². The molecule has 0 fully saturated rings. The Hall–Kier alpha value is -1.16. The van der Waals surface area contributed by atoms with Crippen LogP contribution >= 0.6 is 35.7 Å². The van der Waals surface area contributed by atoms with E-state index in [4.69, 9.17) is 4.74 Å². The third kappa shape index (κ3) is 12.0. The number of benzene rings is 1. The predicted molar refractivity (Wildman–Crippen MR) is 126 cm³/mol. The molecule has 0 aliphatic rings. The number of guanidine groups is 1. The smallest absolute Gasteiger partial charge is 0.259 e. The maximum Gasteiger partial charge on any atom is 0.259 e. The molecule has 0 saturated heterocycles. The number of hydrogen-bond donors (Lipinski definition) is 2. The molecule has 0 unspecified atom stereocenters. The van der Waals surface area contributed by atoms with Gasteiger partial charge < -0.3 is 20.3 Å². The summed E-state index contributed by atoms with van der Waals surface area (Å²) in [6.45, 7) is 4.40. The lowest BCUT2D eigenvalue weighted by atomic mass is 10.2. The second-order valence-corrected chi connectivity index (χ2v) is 7.03. The van der Waals surface area contributed by atoms with E-state index >= 15 is 0 Å². The van der Waals surface area contributed by atoms with Gasteiger partial charge >= 0.3 is 0 Å². The lowest BCUT2D eigenvalue weighted by Crippen LogP contribution is -2.37. The molecular weight excluding hydrogens is 475 g/mol. The van der Waals surface area contributed by atoms with Crippen molar-refractivity contribution in [2.24, 2.45) is 4.99 Å². The average molecular weight is 508 g/mol. The molecule has 0 heterocycles. The molecular formula is C19H33IN4O2S. The van der Waals surface area contributed by atoms with Crippen LogP contribution in [0.15, 0.2) is 29.3 Å². The van der Waals surface area contributed by atoms with Crippen molar-refractivity contribution in [2.45, 2.75) is 26.3 Å². The Morgan fingerprint density at radius 3 is 2.70 bits per heavy atom. The fourth-order valence-electron chi connectivity index (χ4n) is 2.10. The summed E-state index contributed by atoms with van der Waals surface area (Å²) in [4.78, 5) is 17.8. The van der Waals surface area contributed by atoms with Gasteiger partial charge in [0.05, 0.1) is 6.54 Å². The summed E-state index contributed by atoms with van der Waals surface area (Å²) >= 11 is 1.88. The van der Waals surface area contributed by atoms with Gasteiger partial charge in [-0.25, -0.2) is 4.99 Å². The van der Waals surface area contributed by atoms with Crippen molar-refractivity contribution in [1.29, 1.82) is 0 Å². The van der Waals surface area contributed by atoms with Crippen molar-refractivity contribution in [3.8, 4) is 5.75 Å².